The summed E-state index contributed by atoms with van der Waals surface area (Å²) in [6.45, 7) is 3.27. The quantitative estimate of drug-likeness (QED) is 0.769. The minimum atomic E-state index is -1.03. The second-order valence-corrected chi connectivity index (χ2v) is 3.16. The summed E-state index contributed by atoms with van der Waals surface area (Å²) >= 11 is 0. The van der Waals surface area contributed by atoms with E-state index in [-0.39, 0.29) is 30.1 Å². The van der Waals surface area contributed by atoms with Crippen LogP contribution in [0.4, 0.5) is 8.78 Å². The first-order chi connectivity index (χ1) is 7.06. The highest BCUT2D eigenvalue weighted by atomic mass is 19.2. The maximum absolute atomic E-state index is 13.3. The van der Waals surface area contributed by atoms with E-state index in [1.165, 1.54) is 19.1 Å². The molecule has 0 unspecified atom stereocenters. The van der Waals surface area contributed by atoms with E-state index in [0.29, 0.717) is 0 Å². The lowest BCUT2D eigenvalue weighted by Crippen LogP contribution is -2.04. The van der Waals surface area contributed by atoms with E-state index in [0.717, 1.165) is 0 Å². The fourth-order valence-corrected chi connectivity index (χ4v) is 1.24. The summed E-state index contributed by atoms with van der Waals surface area (Å²) in [4.78, 5) is 10.8. The van der Waals surface area contributed by atoms with Crippen molar-refractivity contribution in [2.45, 2.75) is 20.3 Å². The van der Waals surface area contributed by atoms with Crippen molar-refractivity contribution in [1.29, 1.82) is 0 Å². The third-order valence-corrected chi connectivity index (χ3v) is 1.87. The van der Waals surface area contributed by atoms with Gasteiger partial charge in [-0.2, -0.15) is 4.39 Å². The minimum Gasteiger partial charge on any atom is -0.491 e. The van der Waals surface area contributed by atoms with Crippen molar-refractivity contribution >= 4 is 5.78 Å². The Morgan fingerprint density at radius 2 is 2.00 bits per heavy atom. The Labute approximate surface area is 86.9 Å². The van der Waals surface area contributed by atoms with Gasteiger partial charge in [-0.15, -0.1) is 0 Å². The Morgan fingerprint density at radius 3 is 2.53 bits per heavy atom. The molecule has 15 heavy (non-hydrogen) atoms. The molecule has 0 atom stereocenters. The van der Waals surface area contributed by atoms with Crippen LogP contribution in [0.1, 0.15) is 19.4 Å². The van der Waals surface area contributed by atoms with Crippen LogP contribution in [-0.4, -0.2) is 12.4 Å². The molecule has 1 aromatic carbocycles. The van der Waals surface area contributed by atoms with Gasteiger partial charge in [-0.3, -0.25) is 4.79 Å². The van der Waals surface area contributed by atoms with Gasteiger partial charge in [0.15, 0.2) is 11.6 Å². The summed E-state index contributed by atoms with van der Waals surface area (Å²) in [7, 11) is 0. The molecular formula is C11H12F2O2. The van der Waals surface area contributed by atoms with E-state index in [1.807, 2.05) is 0 Å². The van der Waals surface area contributed by atoms with Gasteiger partial charge in [0.1, 0.15) is 5.78 Å². The fraction of sp³-hybridized carbons (Fsp3) is 0.364. The Bertz CT molecular complexity index is 375. The Balaban J connectivity index is 3.03. The van der Waals surface area contributed by atoms with Gasteiger partial charge < -0.3 is 4.74 Å². The molecule has 2 nitrogen and oxygen atoms in total. The number of rotatable bonds is 4. The van der Waals surface area contributed by atoms with Gasteiger partial charge in [-0.05, 0) is 25.5 Å². The van der Waals surface area contributed by atoms with Gasteiger partial charge in [-0.1, -0.05) is 6.07 Å². The summed E-state index contributed by atoms with van der Waals surface area (Å²) in [6.07, 6.45) is -0.102. The van der Waals surface area contributed by atoms with Crippen LogP contribution in [0.5, 0.6) is 5.75 Å². The van der Waals surface area contributed by atoms with Crippen LogP contribution >= 0.6 is 0 Å². The molecule has 0 heterocycles. The smallest absolute Gasteiger partial charge is 0.200 e. The molecule has 0 spiro atoms. The van der Waals surface area contributed by atoms with Gasteiger partial charge in [0.05, 0.1) is 6.61 Å². The minimum absolute atomic E-state index is 0.0588. The molecule has 1 aromatic rings. The molecular weight excluding hydrogens is 202 g/mol. The molecule has 4 heteroatoms. The highest BCUT2D eigenvalue weighted by Gasteiger charge is 2.14. The lowest BCUT2D eigenvalue weighted by Gasteiger charge is -2.07. The number of carbonyl (C=O) groups is 1. The van der Waals surface area contributed by atoms with Crippen molar-refractivity contribution in [3.8, 4) is 5.75 Å². The van der Waals surface area contributed by atoms with Crippen LogP contribution in [0, 0.1) is 11.6 Å². The standard InChI is InChI=1S/C11H12F2O2/c1-3-15-9-5-4-8(6-7(2)14)10(12)11(9)13/h4-5H,3,6H2,1-2H3. The van der Waals surface area contributed by atoms with Crippen LogP contribution in [0.3, 0.4) is 0 Å². The Hall–Kier alpha value is -1.45. The van der Waals surface area contributed by atoms with Crippen LogP contribution in [0.15, 0.2) is 12.1 Å². The maximum atomic E-state index is 13.3. The zero-order valence-corrected chi connectivity index (χ0v) is 8.64. The number of Topliss-reactive ketones (excluding diaryl/α,β-unsaturated/α-hetero) is 1. The van der Waals surface area contributed by atoms with Gasteiger partial charge in [-0.25, -0.2) is 4.39 Å². The van der Waals surface area contributed by atoms with Crippen molar-refractivity contribution in [3.63, 3.8) is 0 Å². The van der Waals surface area contributed by atoms with Crippen LogP contribution in [0.25, 0.3) is 0 Å². The van der Waals surface area contributed by atoms with Crippen molar-refractivity contribution in [1.82, 2.24) is 0 Å². The SMILES string of the molecule is CCOc1ccc(CC(C)=O)c(F)c1F. The molecule has 0 saturated carbocycles. The molecule has 0 radical (unpaired) electrons. The first-order valence-electron chi connectivity index (χ1n) is 4.65. The molecule has 1 rings (SSSR count). The fourth-order valence-electron chi connectivity index (χ4n) is 1.24. The van der Waals surface area contributed by atoms with Gasteiger partial charge >= 0.3 is 0 Å². The third-order valence-electron chi connectivity index (χ3n) is 1.87. The number of hydrogen-bond acceptors (Lipinski definition) is 2. The second-order valence-electron chi connectivity index (χ2n) is 3.16. The molecule has 0 saturated heterocycles. The average molecular weight is 214 g/mol. The topological polar surface area (TPSA) is 26.3 Å². The summed E-state index contributed by atoms with van der Waals surface area (Å²) in [5.41, 5.74) is 0.0588. The predicted octanol–water partition coefficient (Wildman–Crippen LogP) is 2.50. The number of hydrogen-bond donors (Lipinski definition) is 0. The van der Waals surface area contributed by atoms with Gasteiger partial charge in [0, 0.05) is 6.42 Å². The number of carbonyl (C=O) groups excluding carboxylic acids is 1. The maximum Gasteiger partial charge on any atom is 0.200 e. The molecule has 0 N–H and O–H groups in total. The number of ketones is 1. The van der Waals surface area contributed by atoms with Gasteiger partial charge in [0.2, 0.25) is 5.82 Å². The van der Waals surface area contributed by atoms with E-state index in [1.54, 1.807) is 6.92 Å². The number of halogens is 2. The number of benzene rings is 1. The number of ether oxygens (including phenoxy) is 1. The lowest BCUT2D eigenvalue weighted by molar-refractivity contribution is -0.116. The summed E-state index contributed by atoms with van der Waals surface area (Å²) in [5, 5.41) is 0. The summed E-state index contributed by atoms with van der Waals surface area (Å²) in [6, 6.07) is 2.70. The Morgan fingerprint density at radius 1 is 1.33 bits per heavy atom. The lowest BCUT2D eigenvalue weighted by atomic mass is 10.1. The van der Waals surface area contributed by atoms with E-state index in [9.17, 15) is 13.6 Å². The second kappa shape index (κ2) is 4.87. The third kappa shape index (κ3) is 2.75. The zero-order valence-electron chi connectivity index (χ0n) is 8.64. The summed E-state index contributed by atoms with van der Waals surface area (Å²) in [5.74, 6) is -2.37. The molecule has 0 aliphatic rings. The van der Waals surface area contributed by atoms with E-state index in [2.05, 4.69) is 0 Å². The van der Waals surface area contributed by atoms with E-state index < -0.39 is 11.6 Å². The largest absolute Gasteiger partial charge is 0.491 e. The molecule has 0 aromatic heterocycles. The normalized spacial score (nSPS) is 10.1. The predicted molar refractivity (Wildman–Crippen MR) is 51.9 cm³/mol. The summed E-state index contributed by atoms with van der Waals surface area (Å²) < 4.78 is 31.5. The molecule has 0 amide bonds. The van der Waals surface area contributed by atoms with Crippen LogP contribution in [0.2, 0.25) is 0 Å². The van der Waals surface area contributed by atoms with E-state index >= 15 is 0 Å². The van der Waals surface area contributed by atoms with Crippen molar-refractivity contribution in [2.24, 2.45) is 0 Å². The molecule has 0 bridgehead atoms. The van der Waals surface area contributed by atoms with E-state index in [4.69, 9.17) is 4.74 Å². The van der Waals surface area contributed by atoms with Crippen molar-refractivity contribution in [3.05, 3.63) is 29.3 Å². The zero-order chi connectivity index (χ0) is 11.4. The van der Waals surface area contributed by atoms with Crippen molar-refractivity contribution < 1.29 is 18.3 Å². The Kier molecular flexibility index (Phi) is 3.77. The first-order valence-corrected chi connectivity index (χ1v) is 4.65. The van der Waals surface area contributed by atoms with Gasteiger partial charge in [0.25, 0.3) is 0 Å². The molecule has 0 aliphatic carbocycles. The average Bonchev–Trinajstić information content (AvgIpc) is 2.17. The first kappa shape index (κ1) is 11.6. The highest BCUT2D eigenvalue weighted by Crippen LogP contribution is 2.23. The van der Waals surface area contributed by atoms with Crippen LogP contribution < -0.4 is 4.74 Å². The highest BCUT2D eigenvalue weighted by molar-refractivity contribution is 5.78. The van der Waals surface area contributed by atoms with Crippen molar-refractivity contribution in [2.75, 3.05) is 6.61 Å². The monoisotopic (exact) mass is 214 g/mol. The molecule has 0 aliphatic heterocycles. The molecule has 82 valence electrons. The van der Waals surface area contributed by atoms with Crippen LogP contribution in [-0.2, 0) is 11.2 Å². The molecule has 0 fully saturated rings.